The summed E-state index contributed by atoms with van der Waals surface area (Å²) in [5.74, 6) is -0.260. The standard InChI is InChI=1S/C30H28Cl2N6O4/c1-14(2)37-24-23(35-25(37)19-13-33-29(42-15(3)4)36-26(19)41-6)27(39)38(22-12-18(32)8-7-16(22)5)30(24)20-10-9-17(31)11-21(20)34-28(30)40/h7-15H,1-6H3,(H,34,40)/t30-/m0/s1. The molecule has 0 unspecified atom stereocenters. The van der Waals surface area contributed by atoms with Crippen molar-refractivity contribution >= 4 is 46.4 Å². The van der Waals surface area contributed by atoms with Crippen molar-refractivity contribution in [2.75, 3.05) is 17.3 Å². The molecular formula is C30H28Cl2N6O4. The van der Waals surface area contributed by atoms with Crippen molar-refractivity contribution in [1.82, 2.24) is 19.5 Å². The second-order valence-electron chi connectivity index (χ2n) is 10.8. The summed E-state index contributed by atoms with van der Waals surface area (Å²) in [5.41, 5.74) is 1.72. The number of nitrogens with one attached hydrogen (secondary N) is 1. The van der Waals surface area contributed by atoms with Crippen molar-refractivity contribution in [3.05, 3.63) is 75.2 Å². The number of methoxy groups -OCH3 is 1. The van der Waals surface area contributed by atoms with Crippen molar-refractivity contribution in [2.45, 2.75) is 52.3 Å². The molecule has 4 heterocycles. The number of aromatic nitrogens is 4. The zero-order chi connectivity index (χ0) is 30.1. The van der Waals surface area contributed by atoms with E-state index in [4.69, 9.17) is 37.7 Å². The molecule has 0 saturated carbocycles. The molecule has 2 aromatic heterocycles. The van der Waals surface area contributed by atoms with E-state index in [1.807, 2.05) is 45.3 Å². The maximum atomic E-state index is 14.5. The van der Waals surface area contributed by atoms with Gasteiger partial charge in [0.25, 0.3) is 11.8 Å². The lowest BCUT2D eigenvalue weighted by atomic mass is 9.86. The van der Waals surface area contributed by atoms with Crippen molar-refractivity contribution in [3.8, 4) is 23.3 Å². The summed E-state index contributed by atoms with van der Waals surface area (Å²) in [4.78, 5) is 44.0. The third-order valence-electron chi connectivity index (χ3n) is 7.38. The first kappa shape index (κ1) is 28.0. The molecule has 1 atom stereocenters. The first-order valence-corrected chi connectivity index (χ1v) is 14.2. The van der Waals surface area contributed by atoms with Gasteiger partial charge in [0.15, 0.2) is 11.2 Å². The third-order valence-corrected chi connectivity index (χ3v) is 7.85. The molecule has 2 aromatic carbocycles. The number of anilines is 2. The highest BCUT2D eigenvalue weighted by Gasteiger charge is 2.64. The molecule has 1 spiro atoms. The van der Waals surface area contributed by atoms with Crippen LogP contribution in [0.1, 0.15) is 61.0 Å². The monoisotopic (exact) mass is 606 g/mol. The number of nitrogens with zero attached hydrogens (tertiary/aromatic N) is 5. The second-order valence-corrected chi connectivity index (χ2v) is 11.6. The Morgan fingerprint density at radius 2 is 1.71 bits per heavy atom. The Hall–Kier alpha value is -4.15. The van der Waals surface area contributed by atoms with Gasteiger partial charge in [-0.1, -0.05) is 35.3 Å². The average Bonchev–Trinajstić information content (AvgIpc) is 3.53. The van der Waals surface area contributed by atoms with Gasteiger partial charge in [-0.05, 0) is 64.4 Å². The molecule has 0 aliphatic carbocycles. The van der Waals surface area contributed by atoms with Gasteiger partial charge in [0.2, 0.25) is 5.88 Å². The number of rotatable bonds is 6. The third kappa shape index (κ3) is 3.96. The highest BCUT2D eigenvalue weighted by molar-refractivity contribution is 6.32. The molecular weight excluding hydrogens is 579 g/mol. The first-order valence-electron chi connectivity index (χ1n) is 13.4. The normalized spacial score (nSPS) is 17.3. The van der Waals surface area contributed by atoms with E-state index in [1.165, 1.54) is 12.0 Å². The van der Waals surface area contributed by atoms with Crippen molar-refractivity contribution in [2.24, 2.45) is 0 Å². The lowest BCUT2D eigenvalue weighted by Crippen LogP contribution is -2.51. The van der Waals surface area contributed by atoms with Crippen LogP contribution < -0.4 is 19.7 Å². The lowest BCUT2D eigenvalue weighted by molar-refractivity contribution is -0.119. The van der Waals surface area contributed by atoms with E-state index in [0.29, 0.717) is 44.1 Å². The molecule has 42 heavy (non-hydrogen) atoms. The molecule has 0 radical (unpaired) electrons. The fourth-order valence-electron chi connectivity index (χ4n) is 5.75. The van der Waals surface area contributed by atoms with Crippen molar-refractivity contribution in [1.29, 1.82) is 0 Å². The molecule has 4 aromatic rings. The SMILES string of the molecule is COc1nc(OC(C)C)ncc1-c1nc2c(n1C(C)C)[C@@]1(C(=O)Nc3cc(Cl)ccc31)N(c1cc(Cl)ccc1C)C2=O. The number of imidazole rings is 1. The quantitative estimate of drug-likeness (QED) is 0.278. The van der Waals surface area contributed by atoms with Crippen LogP contribution in [0.5, 0.6) is 11.9 Å². The Morgan fingerprint density at radius 3 is 2.40 bits per heavy atom. The summed E-state index contributed by atoms with van der Waals surface area (Å²) >= 11 is 12.8. The number of hydrogen-bond donors (Lipinski definition) is 1. The van der Waals surface area contributed by atoms with Gasteiger partial charge in [0.1, 0.15) is 5.82 Å². The minimum absolute atomic E-state index is 0.126. The maximum Gasteiger partial charge on any atom is 0.319 e. The predicted molar refractivity (Wildman–Crippen MR) is 160 cm³/mol. The Balaban J connectivity index is 1.68. The fourth-order valence-corrected chi connectivity index (χ4v) is 6.09. The van der Waals surface area contributed by atoms with Gasteiger partial charge in [0.05, 0.1) is 30.2 Å². The average molecular weight is 607 g/mol. The van der Waals surface area contributed by atoms with E-state index in [2.05, 4.69) is 15.3 Å². The van der Waals surface area contributed by atoms with Crippen molar-refractivity contribution < 1.29 is 19.1 Å². The van der Waals surface area contributed by atoms with E-state index in [0.717, 1.165) is 5.56 Å². The Kier molecular flexibility index (Phi) is 6.66. The Bertz CT molecular complexity index is 1790. The number of aryl methyl sites for hydroxylation is 1. The van der Waals surface area contributed by atoms with Gasteiger partial charge in [-0.15, -0.1) is 0 Å². The van der Waals surface area contributed by atoms with Crippen LogP contribution >= 0.6 is 23.2 Å². The van der Waals surface area contributed by atoms with Crippen LogP contribution in [-0.2, 0) is 10.3 Å². The lowest BCUT2D eigenvalue weighted by Gasteiger charge is -2.36. The van der Waals surface area contributed by atoms with Gasteiger partial charge in [-0.25, -0.2) is 9.97 Å². The van der Waals surface area contributed by atoms with Gasteiger partial charge >= 0.3 is 6.01 Å². The number of carbonyl (C=O) groups excluding carboxylic acids is 2. The Labute approximate surface area is 252 Å². The number of carbonyl (C=O) groups is 2. The summed E-state index contributed by atoms with van der Waals surface area (Å²) < 4.78 is 13.2. The molecule has 2 aliphatic rings. The van der Waals surface area contributed by atoms with Crippen LogP contribution in [0.2, 0.25) is 10.0 Å². The molecule has 1 N–H and O–H groups in total. The van der Waals surface area contributed by atoms with Crippen LogP contribution in [0.3, 0.4) is 0 Å². The van der Waals surface area contributed by atoms with Crippen LogP contribution in [-0.4, -0.2) is 44.5 Å². The number of hydrogen-bond acceptors (Lipinski definition) is 7. The molecule has 216 valence electrons. The topological polar surface area (TPSA) is 111 Å². The summed E-state index contributed by atoms with van der Waals surface area (Å²) in [6.45, 7) is 9.52. The second kappa shape index (κ2) is 9.99. The smallest absolute Gasteiger partial charge is 0.319 e. The van der Waals surface area contributed by atoms with Gasteiger partial charge in [0, 0.05) is 33.5 Å². The summed E-state index contributed by atoms with van der Waals surface area (Å²) in [5, 5.41) is 3.85. The van der Waals surface area contributed by atoms with Crippen LogP contribution in [0.15, 0.2) is 42.6 Å². The number of ether oxygens (including phenoxy) is 2. The number of amides is 2. The van der Waals surface area contributed by atoms with Crippen LogP contribution in [0.25, 0.3) is 11.4 Å². The van der Waals surface area contributed by atoms with E-state index in [-0.39, 0.29) is 29.7 Å². The molecule has 6 rings (SSSR count). The molecule has 0 saturated heterocycles. The molecule has 0 fully saturated rings. The Morgan fingerprint density at radius 1 is 1.00 bits per heavy atom. The van der Waals surface area contributed by atoms with Crippen LogP contribution in [0, 0.1) is 6.92 Å². The predicted octanol–water partition coefficient (Wildman–Crippen LogP) is 6.19. The van der Waals surface area contributed by atoms with E-state index in [9.17, 15) is 9.59 Å². The summed E-state index contributed by atoms with van der Waals surface area (Å²) in [6.07, 6.45) is 1.41. The van der Waals surface area contributed by atoms with E-state index >= 15 is 0 Å². The molecule has 0 bridgehead atoms. The number of halogens is 2. The summed E-state index contributed by atoms with van der Waals surface area (Å²) in [6, 6.07) is 10.3. The molecule has 12 heteroatoms. The minimum Gasteiger partial charge on any atom is -0.480 e. The maximum absolute atomic E-state index is 14.5. The van der Waals surface area contributed by atoms with Gasteiger partial charge < -0.3 is 19.4 Å². The van der Waals surface area contributed by atoms with Gasteiger partial charge in [-0.2, -0.15) is 4.98 Å². The fraction of sp³-hybridized carbons (Fsp3) is 0.300. The largest absolute Gasteiger partial charge is 0.480 e. The zero-order valence-electron chi connectivity index (χ0n) is 23.8. The number of fused-ring (bicyclic) bond motifs is 4. The first-order chi connectivity index (χ1) is 20.0. The van der Waals surface area contributed by atoms with E-state index in [1.54, 1.807) is 36.5 Å². The van der Waals surface area contributed by atoms with E-state index < -0.39 is 17.4 Å². The minimum atomic E-state index is -1.61. The molecule has 10 nitrogen and oxygen atoms in total. The van der Waals surface area contributed by atoms with Crippen molar-refractivity contribution in [3.63, 3.8) is 0 Å². The van der Waals surface area contributed by atoms with Gasteiger partial charge in [-0.3, -0.25) is 14.5 Å². The molecule has 2 aliphatic heterocycles. The highest BCUT2D eigenvalue weighted by atomic mass is 35.5. The summed E-state index contributed by atoms with van der Waals surface area (Å²) in [7, 11) is 1.49. The number of benzene rings is 2. The molecule has 2 amide bonds. The zero-order valence-corrected chi connectivity index (χ0v) is 25.3. The van der Waals surface area contributed by atoms with Crippen LogP contribution in [0.4, 0.5) is 11.4 Å². The highest BCUT2D eigenvalue weighted by Crippen LogP contribution is 2.55.